The average Bonchev–Trinajstić information content (AvgIpc) is 2.96. The van der Waals surface area contributed by atoms with Crippen molar-refractivity contribution in [1.82, 2.24) is 14.8 Å². The molecule has 5 heteroatoms. The lowest BCUT2D eigenvalue weighted by molar-refractivity contribution is 0.687. The zero-order chi connectivity index (χ0) is 16.2. The van der Waals surface area contributed by atoms with E-state index in [-0.39, 0.29) is 0 Å². The summed E-state index contributed by atoms with van der Waals surface area (Å²) in [4.78, 5) is 0. The van der Waals surface area contributed by atoms with Crippen molar-refractivity contribution >= 4 is 17.4 Å². The number of hydrogen-bond donors (Lipinski definition) is 1. The van der Waals surface area contributed by atoms with Crippen LogP contribution >= 0.6 is 11.8 Å². The Hall–Kier alpha value is -2.27. The van der Waals surface area contributed by atoms with Gasteiger partial charge in [0.15, 0.2) is 11.0 Å². The highest BCUT2D eigenvalue weighted by Crippen LogP contribution is 2.27. The molecule has 0 bridgehead atoms. The van der Waals surface area contributed by atoms with Gasteiger partial charge in [0.2, 0.25) is 0 Å². The molecular weight excluding hydrogens is 304 g/mol. The van der Waals surface area contributed by atoms with E-state index < -0.39 is 0 Å². The number of aryl methyl sites for hydroxylation is 1. The fourth-order valence-electron chi connectivity index (χ4n) is 2.52. The van der Waals surface area contributed by atoms with Crippen LogP contribution in [0, 0.1) is 6.92 Å². The lowest BCUT2D eigenvalue weighted by Gasteiger charge is -2.08. The average molecular weight is 324 g/mol. The summed E-state index contributed by atoms with van der Waals surface area (Å²) in [6.45, 7) is 5.05. The van der Waals surface area contributed by atoms with E-state index in [0.717, 1.165) is 34.5 Å². The number of thioether (sulfide) groups is 1. The molecule has 23 heavy (non-hydrogen) atoms. The van der Waals surface area contributed by atoms with Gasteiger partial charge in [-0.15, -0.1) is 10.2 Å². The van der Waals surface area contributed by atoms with Gasteiger partial charge in [-0.25, -0.2) is 0 Å². The zero-order valence-corrected chi connectivity index (χ0v) is 14.2. The summed E-state index contributed by atoms with van der Waals surface area (Å²) < 4.78 is 2.13. The van der Waals surface area contributed by atoms with E-state index in [1.807, 2.05) is 24.3 Å². The Kier molecular flexibility index (Phi) is 4.67. The smallest absolute Gasteiger partial charge is 0.191 e. The number of rotatable bonds is 5. The third-order valence-electron chi connectivity index (χ3n) is 3.63. The van der Waals surface area contributed by atoms with Gasteiger partial charge >= 0.3 is 0 Å². The molecule has 3 rings (SSSR count). The van der Waals surface area contributed by atoms with Gasteiger partial charge in [-0.1, -0.05) is 53.7 Å². The number of nitrogens with zero attached hydrogens (tertiary/aromatic N) is 3. The summed E-state index contributed by atoms with van der Waals surface area (Å²) in [6, 6.07) is 16.3. The summed E-state index contributed by atoms with van der Waals surface area (Å²) in [6.07, 6.45) is 0. The van der Waals surface area contributed by atoms with Crippen molar-refractivity contribution in [2.24, 2.45) is 0 Å². The van der Waals surface area contributed by atoms with Crippen molar-refractivity contribution in [3.8, 4) is 11.4 Å². The van der Waals surface area contributed by atoms with Gasteiger partial charge in [0.05, 0.1) is 0 Å². The summed E-state index contributed by atoms with van der Waals surface area (Å²) in [5.74, 6) is 1.75. The van der Waals surface area contributed by atoms with Crippen LogP contribution < -0.4 is 5.73 Å². The number of anilines is 1. The van der Waals surface area contributed by atoms with Crippen molar-refractivity contribution < 1.29 is 0 Å². The molecule has 0 aliphatic carbocycles. The molecule has 0 saturated carbocycles. The van der Waals surface area contributed by atoms with Crippen LogP contribution in [0.5, 0.6) is 0 Å². The molecule has 2 aromatic carbocycles. The van der Waals surface area contributed by atoms with Gasteiger partial charge in [-0.05, 0) is 31.5 Å². The Balaban J connectivity index is 1.84. The fraction of sp³-hybridized carbons (Fsp3) is 0.222. The number of aromatic nitrogens is 3. The van der Waals surface area contributed by atoms with E-state index >= 15 is 0 Å². The molecule has 0 spiro atoms. The zero-order valence-electron chi connectivity index (χ0n) is 13.4. The first-order chi connectivity index (χ1) is 11.2. The molecule has 0 amide bonds. The lowest BCUT2D eigenvalue weighted by atomic mass is 10.2. The second-order valence-electron chi connectivity index (χ2n) is 5.45. The van der Waals surface area contributed by atoms with Crippen molar-refractivity contribution in [1.29, 1.82) is 0 Å². The maximum Gasteiger partial charge on any atom is 0.191 e. The summed E-state index contributed by atoms with van der Waals surface area (Å²) in [7, 11) is 0. The Morgan fingerprint density at radius 3 is 2.65 bits per heavy atom. The Labute approximate surface area is 140 Å². The molecule has 0 unspecified atom stereocenters. The SMILES string of the molecule is CCn1c(SCc2cccc(C)c2)nnc1-c1cccc(N)c1. The highest BCUT2D eigenvalue weighted by atomic mass is 32.2. The van der Waals surface area contributed by atoms with E-state index in [1.165, 1.54) is 11.1 Å². The van der Waals surface area contributed by atoms with E-state index in [1.54, 1.807) is 11.8 Å². The molecule has 0 aliphatic rings. The normalized spacial score (nSPS) is 10.9. The largest absolute Gasteiger partial charge is 0.399 e. The van der Waals surface area contributed by atoms with Gasteiger partial charge in [-0.2, -0.15) is 0 Å². The van der Waals surface area contributed by atoms with Crippen LogP contribution in [0.2, 0.25) is 0 Å². The van der Waals surface area contributed by atoms with Crippen LogP contribution in [-0.2, 0) is 12.3 Å². The third-order valence-corrected chi connectivity index (χ3v) is 4.67. The molecule has 1 aromatic heterocycles. The highest BCUT2D eigenvalue weighted by molar-refractivity contribution is 7.98. The predicted octanol–water partition coefficient (Wildman–Crippen LogP) is 4.15. The maximum absolute atomic E-state index is 5.88. The van der Waals surface area contributed by atoms with Gasteiger partial charge in [-0.3, -0.25) is 0 Å². The number of nitrogen functional groups attached to an aromatic ring is 1. The molecule has 0 aliphatic heterocycles. The second-order valence-corrected chi connectivity index (χ2v) is 6.40. The maximum atomic E-state index is 5.88. The number of benzene rings is 2. The van der Waals surface area contributed by atoms with E-state index in [2.05, 4.69) is 52.9 Å². The van der Waals surface area contributed by atoms with Crippen LogP contribution in [0.15, 0.2) is 53.7 Å². The summed E-state index contributed by atoms with van der Waals surface area (Å²) >= 11 is 1.71. The second kappa shape index (κ2) is 6.87. The Morgan fingerprint density at radius 1 is 1.09 bits per heavy atom. The molecule has 0 saturated heterocycles. The third kappa shape index (κ3) is 3.56. The highest BCUT2D eigenvalue weighted by Gasteiger charge is 2.13. The molecule has 0 fully saturated rings. The monoisotopic (exact) mass is 324 g/mol. The van der Waals surface area contributed by atoms with E-state index in [0.29, 0.717) is 0 Å². The molecule has 4 nitrogen and oxygen atoms in total. The van der Waals surface area contributed by atoms with Crippen molar-refractivity contribution in [3.63, 3.8) is 0 Å². The molecule has 118 valence electrons. The fourth-order valence-corrected chi connectivity index (χ4v) is 3.47. The van der Waals surface area contributed by atoms with E-state index in [4.69, 9.17) is 5.73 Å². The van der Waals surface area contributed by atoms with Gasteiger partial charge in [0.1, 0.15) is 0 Å². The lowest BCUT2D eigenvalue weighted by Crippen LogP contribution is -2.00. The topological polar surface area (TPSA) is 56.7 Å². The quantitative estimate of drug-likeness (QED) is 0.566. The standard InChI is InChI=1S/C18H20N4S/c1-3-22-17(15-8-5-9-16(19)11-15)20-21-18(22)23-12-14-7-4-6-13(2)10-14/h4-11H,3,12,19H2,1-2H3. The van der Waals surface area contributed by atoms with Crippen LogP contribution in [0.3, 0.4) is 0 Å². The molecule has 0 atom stereocenters. The van der Waals surface area contributed by atoms with Crippen LogP contribution in [-0.4, -0.2) is 14.8 Å². The minimum Gasteiger partial charge on any atom is -0.399 e. The Morgan fingerprint density at radius 2 is 1.91 bits per heavy atom. The van der Waals surface area contributed by atoms with Crippen molar-refractivity contribution in [2.75, 3.05) is 5.73 Å². The molecule has 1 heterocycles. The number of nitrogens with two attached hydrogens (primary N) is 1. The van der Waals surface area contributed by atoms with Crippen LogP contribution in [0.4, 0.5) is 5.69 Å². The van der Waals surface area contributed by atoms with Crippen molar-refractivity contribution in [2.45, 2.75) is 31.3 Å². The molecule has 2 N–H and O–H groups in total. The van der Waals surface area contributed by atoms with Gasteiger partial charge in [0.25, 0.3) is 0 Å². The van der Waals surface area contributed by atoms with Crippen molar-refractivity contribution in [3.05, 3.63) is 59.7 Å². The first kappa shape index (κ1) is 15.6. The predicted molar refractivity (Wildman–Crippen MR) is 96.3 cm³/mol. The van der Waals surface area contributed by atoms with Gasteiger partial charge in [0, 0.05) is 23.5 Å². The summed E-state index contributed by atoms with van der Waals surface area (Å²) in [5.41, 5.74) is 10.2. The molecule has 3 aromatic rings. The molecule has 0 radical (unpaired) electrons. The van der Waals surface area contributed by atoms with Gasteiger partial charge < -0.3 is 10.3 Å². The van der Waals surface area contributed by atoms with Crippen LogP contribution in [0.25, 0.3) is 11.4 Å². The van der Waals surface area contributed by atoms with Crippen LogP contribution in [0.1, 0.15) is 18.1 Å². The minimum absolute atomic E-state index is 0.738. The first-order valence-electron chi connectivity index (χ1n) is 7.65. The van der Waals surface area contributed by atoms with E-state index in [9.17, 15) is 0 Å². The Bertz CT molecular complexity index is 810. The molecular formula is C18H20N4S. The first-order valence-corrected chi connectivity index (χ1v) is 8.63. The number of hydrogen-bond acceptors (Lipinski definition) is 4. The summed E-state index contributed by atoms with van der Waals surface area (Å²) in [5, 5.41) is 9.67. The minimum atomic E-state index is 0.738.